The third kappa shape index (κ3) is 2.89. The lowest BCUT2D eigenvalue weighted by molar-refractivity contribution is 0.0696. The maximum Gasteiger partial charge on any atom is 0.335 e. The van der Waals surface area contributed by atoms with Gasteiger partial charge in [0.2, 0.25) is 0 Å². The van der Waals surface area contributed by atoms with E-state index in [1.54, 1.807) is 18.2 Å². The molecule has 0 spiro atoms. The zero-order valence-electron chi connectivity index (χ0n) is 12.0. The van der Waals surface area contributed by atoms with E-state index in [-0.39, 0.29) is 12.2 Å². The maximum atomic E-state index is 11.1. The van der Waals surface area contributed by atoms with Gasteiger partial charge in [0.25, 0.3) is 0 Å². The third-order valence-electron chi connectivity index (χ3n) is 3.71. The Bertz CT molecular complexity index is 699. The number of aliphatic hydroxyl groups excluding tert-OH is 1. The minimum atomic E-state index is -0.924. The number of anilines is 1. The van der Waals surface area contributed by atoms with Crippen molar-refractivity contribution in [2.45, 2.75) is 13.2 Å². The van der Waals surface area contributed by atoms with Gasteiger partial charge in [0, 0.05) is 6.54 Å². The molecule has 1 aliphatic rings. The molecule has 2 aromatic carbocycles. The quantitative estimate of drug-likeness (QED) is 0.906. The fourth-order valence-corrected chi connectivity index (χ4v) is 2.60. The number of carboxylic acid groups (broad SMARTS) is 1. The molecular formula is C17H17NO4. The molecule has 3 rings (SSSR count). The average molecular weight is 299 g/mol. The Labute approximate surface area is 128 Å². The van der Waals surface area contributed by atoms with Gasteiger partial charge in [0.05, 0.1) is 24.4 Å². The van der Waals surface area contributed by atoms with E-state index in [0.29, 0.717) is 13.2 Å². The molecule has 0 fully saturated rings. The standard InChI is InChI=1S/C17H17NO4/c19-11-13-4-5-16-15(9-13)18(6-7-22-16)10-12-2-1-3-14(8-12)17(20)21/h1-5,8-9,19H,6-7,10-11H2,(H,20,21). The summed E-state index contributed by atoms with van der Waals surface area (Å²) in [5, 5.41) is 18.4. The van der Waals surface area contributed by atoms with Gasteiger partial charge in [-0.3, -0.25) is 0 Å². The lowest BCUT2D eigenvalue weighted by atomic mass is 10.1. The first-order valence-corrected chi connectivity index (χ1v) is 7.11. The summed E-state index contributed by atoms with van der Waals surface area (Å²) in [7, 11) is 0. The number of rotatable bonds is 4. The van der Waals surface area contributed by atoms with Gasteiger partial charge in [0.15, 0.2) is 0 Å². The van der Waals surface area contributed by atoms with Gasteiger partial charge in [-0.05, 0) is 35.4 Å². The van der Waals surface area contributed by atoms with Crippen LogP contribution in [0.2, 0.25) is 0 Å². The summed E-state index contributed by atoms with van der Waals surface area (Å²) >= 11 is 0. The van der Waals surface area contributed by atoms with Crippen LogP contribution in [0.4, 0.5) is 5.69 Å². The normalized spacial score (nSPS) is 13.4. The van der Waals surface area contributed by atoms with Gasteiger partial charge < -0.3 is 19.8 Å². The molecule has 0 saturated heterocycles. The Hall–Kier alpha value is -2.53. The van der Waals surface area contributed by atoms with Crippen molar-refractivity contribution in [2.24, 2.45) is 0 Å². The van der Waals surface area contributed by atoms with Crippen molar-refractivity contribution >= 4 is 11.7 Å². The second-order valence-corrected chi connectivity index (χ2v) is 5.24. The molecule has 0 aliphatic carbocycles. The molecule has 0 radical (unpaired) electrons. The average Bonchev–Trinajstić information content (AvgIpc) is 2.55. The first-order chi connectivity index (χ1) is 10.7. The summed E-state index contributed by atoms with van der Waals surface area (Å²) in [6, 6.07) is 12.6. The molecule has 2 aromatic rings. The van der Waals surface area contributed by atoms with Crippen molar-refractivity contribution in [3.05, 3.63) is 59.2 Å². The molecule has 5 nitrogen and oxygen atoms in total. The number of hydrogen-bond acceptors (Lipinski definition) is 4. The van der Waals surface area contributed by atoms with Crippen molar-refractivity contribution in [3.8, 4) is 5.75 Å². The first kappa shape index (κ1) is 14.4. The molecule has 2 N–H and O–H groups in total. The Morgan fingerprint density at radius 1 is 1.18 bits per heavy atom. The third-order valence-corrected chi connectivity index (χ3v) is 3.71. The van der Waals surface area contributed by atoms with Gasteiger partial charge >= 0.3 is 5.97 Å². The highest BCUT2D eigenvalue weighted by atomic mass is 16.5. The van der Waals surface area contributed by atoms with Gasteiger partial charge in [0.1, 0.15) is 12.4 Å². The Morgan fingerprint density at radius 2 is 2.05 bits per heavy atom. The molecule has 1 heterocycles. The topological polar surface area (TPSA) is 70.0 Å². The van der Waals surface area contributed by atoms with Crippen LogP contribution in [-0.2, 0) is 13.2 Å². The molecule has 1 aliphatic heterocycles. The van der Waals surface area contributed by atoms with Crippen LogP contribution in [0.15, 0.2) is 42.5 Å². The van der Waals surface area contributed by atoms with E-state index in [4.69, 9.17) is 9.84 Å². The molecule has 0 atom stereocenters. The highest BCUT2D eigenvalue weighted by Gasteiger charge is 2.19. The largest absolute Gasteiger partial charge is 0.490 e. The monoisotopic (exact) mass is 299 g/mol. The summed E-state index contributed by atoms with van der Waals surface area (Å²) in [5.41, 5.74) is 2.98. The molecule has 0 amide bonds. The van der Waals surface area contributed by atoms with Crippen LogP contribution < -0.4 is 9.64 Å². The van der Waals surface area contributed by atoms with E-state index in [1.165, 1.54) is 0 Å². The van der Waals surface area contributed by atoms with Crippen molar-refractivity contribution in [3.63, 3.8) is 0 Å². The Morgan fingerprint density at radius 3 is 2.82 bits per heavy atom. The SMILES string of the molecule is O=C(O)c1cccc(CN2CCOc3ccc(CO)cc32)c1. The summed E-state index contributed by atoms with van der Waals surface area (Å²) in [4.78, 5) is 13.2. The van der Waals surface area contributed by atoms with Crippen LogP contribution in [0.25, 0.3) is 0 Å². The van der Waals surface area contributed by atoms with Gasteiger partial charge in [-0.2, -0.15) is 0 Å². The van der Waals surface area contributed by atoms with E-state index in [2.05, 4.69) is 4.90 Å². The van der Waals surface area contributed by atoms with E-state index in [1.807, 2.05) is 24.3 Å². The number of carboxylic acids is 1. The van der Waals surface area contributed by atoms with Crippen LogP contribution in [0, 0.1) is 0 Å². The zero-order valence-corrected chi connectivity index (χ0v) is 12.0. The summed E-state index contributed by atoms with van der Waals surface area (Å²) in [6.45, 7) is 1.89. The van der Waals surface area contributed by atoms with Crippen LogP contribution in [0.3, 0.4) is 0 Å². The lowest BCUT2D eigenvalue weighted by Gasteiger charge is -2.31. The van der Waals surface area contributed by atoms with E-state index >= 15 is 0 Å². The molecule has 5 heteroatoms. The van der Waals surface area contributed by atoms with Gasteiger partial charge in [-0.1, -0.05) is 18.2 Å². The van der Waals surface area contributed by atoms with Crippen LogP contribution in [0.1, 0.15) is 21.5 Å². The van der Waals surface area contributed by atoms with E-state index < -0.39 is 5.97 Å². The molecular weight excluding hydrogens is 282 g/mol. The predicted molar refractivity (Wildman–Crippen MR) is 82.3 cm³/mol. The fraction of sp³-hybridized carbons (Fsp3) is 0.235. The number of carbonyl (C=O) groups is 1. The minimum absolute atomic E-state index is 0.0182. The predicted octanol–water partition coefficient (Wildman–Crippen LogP) is 2.28. The molecule has 114 valence electrons. The second-order valence-electron chi connectivity index (χ2n) is 5.24. The summed E-state index contributed by atoms with van der Waals surface area (Å²) < 4.78 is 5.64. The van der Waals surface area contributed by atoms with Gasteiger partial charge in [-0.25, -0.2) is 4.79 Å². The summed E-state index contributed by atoms with van der Waals surface area (Å²) in [6.07, 6.45) is 0. The number of nitrogens with zero attached hydrogens (tertiary/aromatic N) is 1. The van der Waals surface area contributed by atoms with E-state index in [0.717, 1.165) is 29.1 Å². The zero-order chi connectivity index (χ0) is 15.5. The molecule has 0 aromatic heterocycles. The first-order valence-electron chi connectivity index (χ1n) is 7.11. The Kier molecular flexibility index (Phi) is 3.98. The number of ether oxygens (including phenoxy) is 1. The van der Waals surface area contributed by atoms with Crippen LogP contribution in [0.5, 0.6) is 5.75 Å². The van der Waals surface area contributed by atoms with Crippen LogP contribution in [-0.4, -0.2) is 29.3 Å². The molecule has 0 bridgehead atoms. The number of aliphatic hydroxyl groups is 1. The van der Waals surface area contributed by atoms with Crippen LogP contribution >= 0.6 is 0 Å². The number of benzene rings is 2. The fourth-order valence-electron chi connectivity index (χ4n) is 2.60. The van der Waals surface area contributed by atoms with E-state index in [9.17, 15) is 9.90 Å². The second kappa shape index (κ2) is 6.07. The van der Waals surface area contributed by atoms with Crippen molar-refractivity contribution < 1.29 is 19.7 Å². The number of aromatic carboxylic acids is 1. The molecule has 22 heavy (non-hydrogen) atoms. The lowest BCUT2D eigenvalue weighted by Crippen LogP contribution is -2.32. The summed E-state index contributed by atoms with van der Waals surface area (Å²) in [5.74, 6) is -0.135. The smallest absolute Gasteiger partial charge is 0.335 e. The van der Waals surface area contributed by atoms with Crippen molar-refractivity contribution in [1.29, 1.82) is 0 Å². The minimum Gasteiger partial charge on any atom is -0.490 e. The molecule has 0 unspecified atom stereocenters. The Balaban J connectivity index is 1.88. The van der Waals surface area contributed by atoms with Crippen molar-refractivity contribution in [2.75, 3.05) is 18.1 Å². The maximum absolute atomic E-state index is 11.1. The van der Waals surface area contributed by atoms with Gasteiger partial charge in [-0.15, -0.1) is 0 Å². The highest BCUT2D eigenvalue weighted by molar-refractivity contribution is 5.87. The highest BCUT2D eigenvalue weighted by Crippen LogP contribution is 2.33. The molecule has 0 saturated carbocycles. The number of fused-ring (bicyclic) bond motifs is 1. The number of hydrogen-bond donors (Lipinski definition) is 2. The van der Waals surface area contributed by atoms with Crippen molar-refractivity contribution in [1.82, 2.24) is 0 Å².